The largest absolute Gasteiger partial charge is 0.398 e. The molecule has 0 unspecified atom stereocenters. The highest BCUT2D eigenvalue weighted by Gasteiger charge is 2.08. The monoisotopic (exact) mass is 326 g/mol. The highest BCUT2D eigenvalue weighted by atomic mass is 32.2. The molecule has 1 aromatic heterocycles. The standard InChI is InChI=1S/C12H14N4OS3/c1-7-3-4-8(5-9(7)13)14-10(17)6-19-12-16-15-11(18-2)20-12/h3-5H,6,13H2,1-2H3,(H,14,17). The average molecular weight is 326 g/mol. The summed E-state index contributed by atoms with van der Waals surface area (Å²) in [6.45, 7) is 1.93. The van der Waals surface area contributed by atoms with Crippen molar-refractivity contribution in [2.45, 2.75) is 15.6 Å². The molecule has 3 N–H and O–H groups in total. The fraction of sp³-hybridized carbons (Fsp3) is 0.250. The first kappa shape index (κ1) is 15.1. The number of nitrogens with one attached hydrogen (secondary N) is 1. The molecule has 8 heteroatoms. The summed E-state index contributed by atoms with van der Waals surface area (Å²) in [7, 11) is 0. The number of thioether (sulfide) groups is 2. The average Bonchev–Trinajstić information content (AvgIpc) is 2.89. The van der Waals surface area contributed by atoms with Gasteiger partial charge in [-0.2, -0.15) is 0 Å². The second-order valence-electron chi connectivity index (χ2n) is 3.95. The van der Waals surface area contributed by atoms with Gasteiger partial charge in [0.2, 0.25) is 5.91 Å². The van der Waals surface area contributed by atoms with Crippen LogP contribution in [0.1, 0.15) is 5.56 Å². The molecule has 0 aliphatic heterocycles. The highest BCUT2D eigenvalue weighted by Crippen LogP contribution is 2.27. The predicted octanol–water partition coefficient (Wildman–Crippen LogP) is 2.88. The van der Waals surface area contributed by atoms with Gasteiger partial charge in [-0.25, -0.2) is 0 Å². The Balaban J connectivity index is 1.87. The van der Waals surface area contributed by atoms with Crippen LogP contribution in [0.2, 0.25) is 0 Å². The second kappa shape index (κ2) is 6.96. The fourth-order valence-corrected chi connectivity index (χ4v) is 3.62. The lowest BCUT2D eigenvalue weighted by atomic mass is 10.2. The van der Waals surface area contributed by atoms with E-state index in [1.165, 1.54) is 23.1 Å². The lowest BCUT2D eigenvalue weighted by Crippen LogP contribution is -2.14. The Labute approximate surface area is 129 Å². The van der Waals surface area contributed by atoms with E-state index in [0.717, 1.165) is 14.2 Å². The van der Waals surface area contributed by atoms with Crippen LogP contribution < -0.4 is 11.1 Å². The Morgan fingerprint density at radius 3 is 2.80 bits per heavy atom. The SMILES string of the molecule is CSc1nnc(SCC(=O)Nc2ccc(C)c(N)c2)s1. The Morgan fingerprint density at radius 1 is 1.40 bits per heavy atom. The number of benzene rings is 1. The summed E-state index contributed by atoms with van der Waals surface area (Å²) in [6, 6.07) is 5.48. The summed E-state index contributed by atoms with van der Waals surface area (Å²) in [4.78, 5) is 11.8. The number of hydrogen-bond acceptors (Lipinski definition) is 7. The van der Waals surface area contributed by atoms with Gasteiger partial charge in [-0.1, -0.05) is 40.9 Å². The number of nitrogens with two attached hydrogens (primary N) is 1. The zero-order chi connectivity index (χ0) is 14.5. The van der Waals surface area contributed by atoms with E-state index in [1.807, 2.05) is 25.3 Å². The molecular weight excluding hydrogens is 312 g/mol. The van der Waals surface area contributed by atoms with Crippen LogP contribution in [0.4, 0.5) is 11.4 Å². The number of nitrogen functional groups attached to an aromatic ring is 1. The van der Waals surface area contributed by atoms with Crippen LogP contribution in [0.3, 0.4) is 0 Å². The van der Waals surface area contributed by atoms with Gasteiger partial charge in [0.05, 0.1) is 5.75 Å². The summed E-state index contributed by atoms with van der Waals surface area (Å²) in [5.74, 6) is 0.218. The molecule has 2 rings (SSSR count). The van der Waals surface area contributed by atoms with Gasteiger partial charge in [0, 0.05) is 11.4 Å². The minimum absolute atomic E-state index is 0.0841. The maximum Gasteiger partial charge on any atom is 0.234 e. The van der Waals surface area contributed by atoms with Crippen molar-refractivity contribution in [2.75, 3.05) is 23.1 Å². The number of carbonyl (C=O) groups excluding carboxylic acids is 1. The number of hydrogen-bond donors (Lipinski definition) is 2. The normalized spacial score (nSPS) is 10.5. The van der Waals surface area contributed by atoms with Crippen molar-refractivity contribution in [1.29, 1.82) is 0 Å². The molecular formula is C12H14N4OS3. The number of nitrogens with zero attached hydrogens (tertiary/aromatic N) is 2. The third-order valence-corrected chi connectivity index (χ3v) is 5.48. The first-order valence-corrected chi connectivity index (χ1v) is 8.77. The van der Waals surface area contributed by atoms with E-state index in [1.54, 1.807) is 17.8 Å². The van der Waals surface area contributed by atoms with Gasteiger partial charge in [-0.3, -0.25) is 4.79 Å². The Hall–Kier alpha value is -1.25. The quantitative estimate of drug-likeness (QED) is 0.649. The molecule has 2 aromatic rings. The van der Waals surface area contributed by atoms with Crippen molar-refractivity contribution in [3.8, 4) is 0 Å². The summed E-state index contributed by atoms with van der Waals surface area (Å²) in [5.41, 5.74) is 8.18. The van der Waals surface area contributed by atoms with Crippen molar-refractivity contribution in [3.05, 3.63) is 23.8 Å². The van der Waals surface area contributed by atoms with Gasteiger partial charge in [0.1, 0.15) is 0 Å². The molecule has 1 amide bonds. The minimum Gasteiger partial charge on any atom is -0.398 e. The summed E-state index contributed by atoms with van der Waals surface area (Å²) in [6.07, 6.45) is 1.95. The molecule has 0 atom stereocenters. The number of anilines is 2. The molecule has 5 nitrogen and oxygen atoms in total. The van der Waals surface area contributed by atoms with Gasteiger partial charge in [0.15, 0.2) is 8.68 Å². The minimum atomic E-state index is -0.0841. The van der Waals surface area contributed by atoms with Crippen LogP contribution in [0.15, 0.2) is 26.9 Å². The molecule has 0 saturated heterocycles. The number of amides is 1. The smallest absolute Gasteiger partial charge is 0.234 e. The molecule has 0 spiro atoms. The first-order chi connectivity index (χ1) is 9.58. The van der Waals surface area contributed by atoms with E-state index in [2.05, 4.69) is 15.5 Å². The maximum atomic E-state index is 11.8. The number of rotatable bonds is 5. The number of aromatic nitrogens is 2. The lowest BCUT2D eigenvalue weighted by Gasteiger charge is -2.06. The van der Waals surface area contributed by atoms with Crippen LogP contribution in [-0.4, -0.2) is 28.1 Å². The molecule has 1 aromatic carbocycles. The fourth-order valence-electron chi connectivity index (χ4n) is 1.38. The second-order valence-corrected chi connectivity index (χ2v) is 7.20. The maximum absolute atomic E-state index is 11.8. The highest BCUT2D eigenvalue weighted by molar-refractivity contribution is 8.03. The number of carbonyl (C=O) groups is 1. The molecule has 0 aliphatic rings. The van der Waals surface area contributed by atoms with Crippen molar-refractivity contribution >= 4 is 52.1 Å². The van der Waals surface area contributed by atoms with E-state index in [-0.39, 0.29) is 5.91 Å². The van der Waals surface area contributed by atoms with Crippen LogP contribution in [0, 0.1) is 6.92 Å². The Kier molecular flexibility index (Phi) is 5.27. The Bertz CT molecular complexity index is 614. The van der Waals surface area contributed by atoms with Crippen LogP contribution in [0.25, 0.3) is 0 Å². The third-order valence-electron chi connectivity index (χ3n) is 2.45. The van der Waals surface area contributed by atoms with Gasteiger partial charge in [-0.05, 0) is 30.9 Å². The molecule has 106 valence electrons. The van der Waals surface area contributed by atoms with E-state index >= 15 is 0 Å². The summed E-state index contributed by atoms with van der Waals surface area (Å²) >= 11 is 4.42. The molecule has 1 heterocycles. The molecule has 0 saturated carbocycles. The summed E-state index contributed by atoms with van der Waals surface area (Å²) < 4.78 is 1.70. The van der Waals surface area contributed by atoms with Crippen molar-refractivity contribution < 1.29 is 4.79 Å². The zero-order valence-electron chi connectivity index (χ0n) is 11.0. The van der Waals surface area contributed by atoms with E-state index in [9.17, 15) is 4.79 Å². The van der Waals surface area contributed by atoms with Gasteiger partial charge >= 0.3 is 0 Å². The zero-order valence-corrected chi connectivity index (χ0v) is 13.5. The molecule has 0 aliphatic carbocycles. The van der Waals surface area contributed by atoms with Gasteiger partial charge in [-0.15, -0.1) is 10.2 Å². The van der Waals surface area contributed by atoms with Crippen molar-refractivity contribution in [3.63, 3.8) is 0 Å². The molecule has 20 heavy (non-hydrogen) atoms. The lowest BCUT2D eigenvalue weighted by molar-refractivity contribution is -0.113. The van der Waals surface area contributed by atoms with E-state index < -0.39 is 0 Å². The number of aryl methyl sites for hydroxylation is 1. The van der Waals surface area contributed by atoms with Crippen molar-refractivity contribution in [2.24, 2.45) is 0 Å². The molecule has 0 bridgehead atoms. The summed E-state index contributed by atoms with van der Waals surface area (Å²) in [5, 5.41) is 10.8. The Morgan fingerprint density at radius 2 is 2.15 bits per heavy atom. The topological polar surface area (TPSA) is 80.9 Å². The van der Waals surface area contributed by atoms with E-state index in [0.29, 0.717) is 17.1 Å². The van der Waals surface area contributed by atoms with E-state index in [4.69, 9.17) is 5.73 Å². The van der Waals surface area contributed by atoms with Gasteiger partial charge < -0.3 is 11.1 Å². The molecule has 0 radical (unpaired) electrons. The predicted molar refractivity (Wildman–Crippen MR) is 86.6 cm³/mol. The van der Waals surface area contributed by atoms with Gasteiger partial charge in [0.25, 0.3) is 0 Å². The van der Waals surface area contributed by atoms with Crippen molar-refractivity contribution in [1.82, 2.24) is 10.2 Å². The first-order valence-electron chi connectivity index (χ1n) is 5.75. The molecule has 0 fully saturated rings. The third kappa shape index (κ3) is 4.12. The van der Waals surface area contributed by atoms with Crippen LogP contribution in [-0.2, 0) is 4.79 Å². The van der Waals surface area contributed by atoms with Crippen LogP contribution in [0.5, 0.6) is 0 Å². The van der Waals surface area contributed by atoms with Crippen LogP contribution >= 0.6 is 34.9 Å².